The molecule has 19 heavy (non-hydrogen) atoms. The third kappa shape index (κ3) is 2.95. The van der Waals surface area contributed by atoms with E-state index in [9.17, 15) is 9.18 Å². The van der Waals surface area contributed by atoms with E-state index in [0.717, 1.165) is 24.2 Å². The van der Waals surface area contributed by atoms with Crippen LogP contribution >= 0.6 is 0 Å². The fraction of sp³-hybridized carbons (Fsp3) is 0.400. The fourth-order valence-electron chi connectivity index (χ4n) is 2.10. The lowest BCUT2D eigenvalue weighted by atomic mass is 9.95. The van der Waals surface area contributed by atoms with Gasteiger partial charge >= 0.3 is 5.97 Å². The van der Waals surface area contributed by atoms with Gasteiger partial charge in [0.25, 0.3) is 0 Å². The molecule has 0 spiro atoms. The molecule has 1 fully saturated rings. The van der Waals surface area contributed by atoms with Crippen LogP contribution in [-0.4, -0.2) is 19.7 Å². The van der Waals surface area contributed by atoms with Crippen molar-refractivity contribution in [1.29, 1.82) is 0 Å². The summed E-state index contributed by atoms with van der Waals surface area (Å²) in [6, 6.07) is 7.56. The molecule has 1 saturated carbocycles. The molecule has 1 aliphatic carbocycles. The van der Waals surface area contributed by atoms with Gasteiger partial charge in [-0.1, -0.05) is 12.1 Å². The van der Waals surface area contributed by atoms with Gasteiger partial charge in [0.05, 0.1) is 13.7 Å². The molecule has 0 atom stereocenters. The Morgan fingerprint density at radius 3 is 2.47 bits per heavy atom. The van der Waals surface area contributed by atoms with Gasteiger partial charge in [0.1, 0.15) is 5.75 Å². The predicted octanol–water partition coefficient (Wildman–Crippen LogP) is 3.14. The minimum atomic E-state index is -0.919. The van der Waals surface area contributed by atoms with E-state index in [2.05, 4.69) is 4.74 Å². The van der Waals surface area contributed by atoms with Crippen molar-refractivity contribution in [3.8, 4) is 5.75 Å². The minimum absolute atomic E-state index is 0.358. The van der Waals surface area contributed by atoms with Crippen LogP contribution in [0.5, 0.6) is 5.75 Å². The molecule has 1 aliphatic rings. The number of hydrogen-bond donors (Lipinski definition) is 0. The third-order valence-corrected chi connectivity index (χ3v) is 3.31. The summed E-state index contributed by atoms with van der Waals surface area (Å²) in [5.74, 6) is -0.953. The fourth-order valence-corrected chi connectivity index (χ4v) is 2.10. The molecule has 102 valence electrons. The Morgan fingerprint density at radius 1 is 1.37 bits per heavy atom. The topological polar surface area (TPSA) is 35.5 Å². The average molecular weight is 264 g/mol. The maximum Gasteiger partial charge on any atom is 0.366 e. The first-order valence-electron chi connectivity index (χ1n) is 6.31. The van der Waals surface area contributed by atoms with Gasteiger partial charge in [-0.25, -0.2) is 4.79 Å². The van der Waals surface area contributed by atoms with E-state index >= 15 is 0 Å². The van der Waals surface area contributed by atoms with Crippen molar-refractivity contribution in [1.82, 2.24) is 0 Å². The number of hydrogen-bond acceptors (Lipinski definition) is 3. The van der Waals surface area contributed by atoms with Gasteiger partial charge in [-0.2, -0.15) is 4.39 Å². The second-order valence-corrected chi connectivity index (χ2v) is 4.60. The summed E-state index contributed by atoms with van der Waals surface area (Å²) in [6.45, 7) is 2.53. The summed E-state index contributed by atoms with van der Waals surface area (Å²) in [5, 5.41) is 0. The number of benzene rings is 1. The number of carbonyl (C=O) groups is 1. The van der Waals surface area contributed by atoms with Gasteiger partial charge in [-0.3, -0.25) is 0 Å². The van der Waals surface area contributed by atoms with E-state index in [1.165, 1.54) is 13.2 Å². The van der Waals surface area contributed by atoms with Crippen LogP contribution in [0.4, 0.5) is 4.39 Å². The smallest absolute Gasteiger partial charge is 0.366 e. The lowest BCUT2D eigenvalue weighted by Crippen LogP contribution is -2.08. The molecule has 0 unspecified atom stereocenters. The zero-order valence-corrected chi connectivity index (χ0v) is 11.1. The van der Waals surface area contributed by atoms with Gasteiger partial charge in [0.15, 0.2) is 0 Å². The summed E-state index contributed by atoms with van der Waals surface area (Å²) in [5.41, 5.74) is 0.637. The maximum absolute atomic E-state index is 13.6. The first-order chi connectivity index (χ1) is 9.11. The average Bonchev–Trinajstić information content (AvgIpc) is 3.19. The molecule has 1 aromatic carbocycles. The number of carbonyl (C=O) groups excluding carboxylic acids is 1. The number of ether oxygens (including phenoxy) is 2. The molecule has 0 aromatic heterocycles. The largest absolute Gasteiger partial charge is 0.494 e. The number of methoxy groups -OCH3 is 1. The molecule has 0 N–H and O–H groups in total. The quantitative estimate of drug-likeness (QED) is 0.605. The predicted molar refractivity (Wildman–Crippen MR) is 69.7 cm³/mol. The SMILES string of the molecule is CCOc1ccc(C2(C=C(F)C(=O)OC)CC2)cc1. The van der Waals surface area contributed by atoms with Crippen molar-refractivity contribution in [3.05, 3.63) is 41.7 Å². The summed E-state index contributed by atoms with van der Waals surface area (Å²) in [4.78, 5) is 11.1. The second-order valence-electron chi connectivity index (χ2n) is 4.60. The lowest BCUT2D eigenvalue weighted by Gasteiger charge is -2.12. The molecular formula is C15H17FO3. The molecule has 1 aromatic rings. The summed E-state index contributed by atoms with van der Waals surface area (Å²) >= 11 is 0. The van der Waals surface area contributed by atoms with E-state index in [-0.39, 0.29) is 5.41 Å². The molecular weight excluding hydrogens is 247 g/mol. The zero-order valence-electron chi connectivity index (χ0n) is 11.1. The first kappa shape index (κ1) is 13.6. The van der Waals surface area contributed by atoms with Crippen LogP contribution in [0, 0.1) is 0 Å². The Balaban J connectivity index is 2.18. The van der Waals surface area contributed by atoms with Crippen LogP contribution in [-0.2, 0) is 14.9 Å². The molecule has 0 bridgehead atoms. The molecule has 3 nitrogen and oxygen atoms in total. The molecule has 2 rings (SSSR count). The first-order valence-corrected chi connectivity index (χ1v) is 6.31. The van der Waals surface area contributed by atoms with E-state index in [1.807, 2.05) is 31.2 Å². The molecule has 0 amide bonds. The number of esters is 1. The van der Waals surface area contributed by atoms with Crippen molar-refractivity contribution in [2.24, 2.45) is 0 Å². The summed E-state index contributed by atoms with van der Waals surface area (Å²) in [6.07, 6.45) is 3.05. The molecule has 0 radical (unpaired) electrons. The van der Waals surface area contributed by atoms with Crippen LogP contribution in [0.1, 0.15) is 25.3 Å². The van der Waals surface area contributed by atoms with Crippen LogP contribution in [0.15, 0.2) is 36.2 Å². The Labute approximate surface area is 112 Å². The van der Waals surface area contributed by atoms with Crippen molar-refractivity contribution in [3.63, 3.8) is 0 Å². The van der Waals surface area contributed by atoms with Crippen molar-refractivity contribution in [2.45, 2.75) is 25.2 Å². The van der Waals surface area contributed by atoms with Gasteiger partial charge in [0.2, 0.25) is 5.83 Å². The summed E-state index contributed by atoms with van der Waals surface area (Å²) < 4.78 is 23.3. The Hall–Kier alpha value is -1.84. The van der Waals surface area contributed by atoms with Crippen LogP contribution in [0.3, 0.4) is 0 Å². The molecule has 0 heterocycles. The van der Waals surface area contributed by atoms with Gasteiger partial charge < -0.3 is 9.47 Å². The molecule has 0 aliphatic heterocycles. The van der Waals surface area contributed by atoms with Crippen molar-refractivity contribution < 1.29 is 18.7 Å². The lowest BCUT2D eigenvalue weighted by molar-refractivity contribution is -0.137. The molecule has 4 heteroatoms. The highest BCUT2D eigenvalue weighted by Gasteiger charge is 2.43. The Morgan fingerprint density at radius 2 is 2.00 bits per heavy atom. The van der Waals surface area contributed by atoms with Crippen LogP contribution < -0.4 is 4.74 Å². The second kappa shape index (κ2) is 5.43. The normalized spacial score (nSPS) is 16.9. The highest BCUT2D eigenvalue weighted by molar-refractivity contribution is 5.86. The monoisotopic (exact) mass is 264 g/mol. The van der Waals surface area contributed by atoms with E-state index in [0.29, 0.717) is 6.61 Å². The van der Waals surface area contributed by atoms with E-state index in [1.54, 1.807) is 0 Å². The number of halogens is 1. The van der Waals surface area contributed by atoms with E-state index < -0.39 is 11.8 Å². The summed E-state index contributed by atoms with van der Waals surface area (Å²) in [7, 11) is 1.17. The highest BCUT2D eigenvalue weighted by Crippen LogP contribution is 2.50. The zero-order chi connectivity index (χ0) is 13.9. The standard InChI is InChI=1S/C15H17FO3/c1-3-19-12-6-4-11(5-7-12)15(8-9-15)10-13(16)14(17)18-2/h4-7,10H,3,8-9H2,1-2H3. The molecule has 0 saturated heterocycles. The van der Waals surface area contributed by atoms with Gasteiger partial charge in [-0.05, 0) is 43.5 Å². The Bertz CT molecular complexity index is 487. The Kier molecular flexibility index (Phi) is 3.88. The maximum atomic E-state index is 13.6. The van der Waals surface area contributed by atoms with Gasteiger partial charge in [0, 0.05) is 5.41 Å². The van der Waals surface area contributed by atoms with E-state index in [4.69, 9.17) is 4.74 Å². The van der Waals surface area contributed by atoms with Crippen molar-refractivity contribution in [2.75, 3.05) is 13.7 Å². The minimum Gasteiger partial charge on any atom is -0.494 e. The van der Waals surface area contributed by atoms with Crippen LogP contribution in [0.2, 0.25) is 0 Å². The highest BCUT2D eigenvalue weighted by atomic mass is 19.1. The number of rotatable bonds is 5. The van der Waals surface area contributed by atoms with Gasteiger partial charge in [-0.15, -0.1) is 0 Å². The third-order valence-electron chi connectivity index (χ3n) is 3.31. The number of allylic oxidation sites excluding steroid dienone is 1. The van der Waals surface area contributed by atoms with Crippen molar-refractivity contribution >= 4 is 5.97 Å². The van der Waals surface area contributed by atoms with Crippen LogP contribution in [0.25, 0.3) is 0 Å².